The van der Waals surface area contributed by atoms with Gasteiger partial charge in [-0.3, -0.25) is 0 Å². The Hall–Kier alpha value is -0.930. The van der Waals surface area contributed by atoms with E-state index in [0.29, 0.717) is 5.56 Å². The predicted molar refractivity (Wildman–Crippen MR) is 66.2 cm³/mol. The largest absolute Gasteiger partial charge is 0.396 e. The van der Waals surface area contributed by atoms with Crippen molar-refractivity contribution in [1.82, 2.24) is 4.90 Å². The van der Waals surface area contributed by atoms with E-state index in [2.05, 4.69) is 11.9 Å². The molecule has 0 aliphatic heterocycles. The van der Waals surface area contributed by atoms with Crippen LogP contribution in [0, 0.1) is 18.2 Å². The maximum Gasteiger partial charge on any atom is 0.126 e. The Labute approximate surface area is 102 Å². The summed E-state index contributed by atoms with van der Waals surface area (Å²) in [5.74, 6) is -0.148. The summed E-state index contributed by atoms with van der Waals surface area (Å²) in [6.07, 6.45) is 2.24. The SMILES string of the molecule is Cc1cc(CN(C)CC2(CO)CC2)ccc1F. The van der Waals surface area contributed by atoms with Crippen molar-refractivity contribution in [1.29, 1.82) is 0 Å². The molecule has 0 radical (unpaired) electrons. The zero-order valence-electron chi connectivity index (χ0n) is 10.5. The molecule has 0 bridgehead atoms. The first kappa shape index (κ1) is 12.5. The van der Waals surface area contributed by atoms with Crippen LogP contribution in [0.4, 0.5) is 4.39 Å². The number of aliphatic hydroxyl groups excluding tert-OH is 1. The number of hydrogen-bond donors (Lipinski definition) is 1. The summed E-state index contributed by atoms with van der Waals surface area (Å²) in [7, 11) is 2.05. The van der Waals surface area contributed by atoms with E-state index in [0.717, 1.165) is 31.5 Å². The molecule has 17 heavy (non-hydrogen) atoms. The fraction of sp³-hybridized carbons (Fsp3) is 0.571. The van der Waals surface area contributed by atoms with Gasteiger partial charge >= 0.3 is 0 Å². The van der Waals surface area contributed by atoms with Gasteiger partial charge in [0.2, 0.25) is 0 Å². The lowest BCUT2D eigenvalue weighted by molar-refractivity contribution is 0.161. The first-order chi connectivity index (χ1) is 8.04. The minimum Gasteiger partial charge on any atom is -0.396 e. The van der Waals surface area contributed by atoms with Crippen molar-refractivity contribution in [2.75, 3.05) is 20.2 Å². The van der Waals surface area contributed by atoms with Crippen LogP contribution in [0.2, 0.25) is 0 Å². The van der Waals surface area contributed by atoms with Crippen LogP contribution in [0.1, 0.15) is 24.0 Å². The smallest absolute Gasteiger partial charge is 0.126 e. The molecule has 1 aliphatic rings. The van der Waals surface area contributed by atoms with Crippen LogP contribution >= 0.6 is 0 Å². The zero-order valence-corrected chi connectivity index (χ0v) is 10.5. The average molecular weight is 237 g/mol. The van der Waals surface area contributed by atoms with Gasteiger partial charge in [-0.2, -0.15) is 0 Å². The fourth-order valence-corrected chi connectivity index (χ4v) is 2.29. The van der Waals surface area contributed by atoms with Crippen molar-refractivity contribution in [2.24, 2.45) is 5.41 Å². The normalized spacial score (nSPS) is 17.5. The second-order valence-electron chi connectivity index (χ2n) is 5.41. The first-order valence-electron chi connectivity index (χ1n) is 6.09. The summed E-state index contributed by atoms with van der Waals surface area (Å²) >= 11 is 0. The second-order valence-corrected chi connectivity index (χ2v) is 5.41. The van der Waals surface area contributed by atoms with E-state index in [1.807, 2.05) is 12.1 Å². The third-order valence-corrected chi connectivity index (χ3v) is 3.57. The molecular formula is C14H20FNO. The van der Waals surface area contributed by atoms with Crippen molar-refractivity contribution in [3.63, 3.8) is 0 Å². The third kappa shape index (κ3) is 3.05. The van der Waals surface area contributed by atoms with Gasteiger partial charge in [0.1, 0.15) is 5.82 Å². The van der Waals surface area contributed by atoms with E-state index >= 15 is 0 Å². The molecule has 94 valence electrons. The molecule has 1 N–H and O–H groups in total. The molecule has 1 aliphatic carbocycles. The Bertz CT molecular complexity index is 401. The number of nitrogens with zero attached hydrogens (tertiary/aromatic N) is 1. The molecule has 0 heterocycles. The summed E-state index contributed by atoms with van der Waals surface area (Å²) in [4.78, 5) is 2.20. The van der Waals surface area contributed by atoms with Crippen LogP contribution in [0.5, 0.6) is 0 Å². The van der Waals surface area contributed by atoms with Crippen molar-refractivity contribution < 1.29 is 9.50 Å². The topological polar surface area (TPSA) is 23.5 Å². The van der Waals surface area contributed by atoms with Crippen molar-refractivity contribution in [3.05, 3.63) is 35.1 Å². The molecular weight excluding hydrogens is 217 g/mol. The maximum atomic E-state index is 13.1. The van der Waals surface area contributed by atoms with Crippen LogP contribution in [0.15, 0.2) is 18.2 Å². The molecule has 1 aromatic carbocycles. The predicted octanol–water partition coefficient (Wildman–Crippen LogP) is 2.34. The first-order valence-corrected chi connectivity index (χ1v) is 6.09. The van der Waals surface area contributed by atoms with Gasteiger partial charge in [-0.05, 0) is 44.0 Å². The van der Waals surface area contributed by atoms with E-state index < -0.39 is 0 Å². The highest BCUT2D eigenvalue weighted by Crippen LogP contribution is 2.45. The highest BCUT2D eigenvalue weighted by molar-refractivity contribution is 5.23. The lowest BCUT2D eigenvalue weighted by Crippen LogP contribution is -2.28. The zero-order chi connectivity index (χ0) is 12.5. The molecule has 0 aromatic heterocycles. The Morgan fingerprint density at radius 2 is 2.12 bits per heavy atom. The lowest BCUT2D eigenvalue weighted by Gasteiger charge is -2.22. The molecule has 1 fully saturated rings. The molecule has 0 amide bonds. The van der Waals surface area contributed by atoms with Crippen LogP contribution in [0.3, 0.4) is 0 Å². The van der Waals surface area contributed by atoms with Crippen LogP contribution in [-0.4, -0.2) is 30.2 Å². The summed E-state index contributed by atoms with van der Waals surface area (Å²) in [6.45, 7) is 3.79. The summed E-state index contributed by atoms with van der Waals surface area (Å²) in [5.41, 5.74) is 1.96. The number of aryl methyl sites for hydroxylation is 1. The number of rotatable bonds is 5. The molecule has 1 saturated carbocycles. The molecule has 0 unspecified atom stereocenters. The Morgan fingerprint density at radius 1 is 1.41 bits per heavy atom. The van der Waals surface area contributed by atoms with E-state index in [9.17, 15) is 9.50 Å². The molecule has 3 heteroatoms. The lowest BCUT2D eigenvalue weighted by atomic mass is 10.1. The number of benzene rings is 1. The monoisotopic (exact) mass is 237 g/mol. The van der Waals surface area contributed by atoms with Gasteiger partial charge in [-0.15, -0.1) is 0 Å². The molecule has 0 spiro atoms. The molecule has 0 atom stereocenters. The van der Waals surface area contributed by atoms with Gasteiger partial charge in [-0.1, -0.05) is 12.1 Å². The number of hydrogen-bond acceptors (Lipinski definition) is 2. The molecule has 0 saturated heterocycles. The van der Waals surface area contributed by atoms with E-state index in [1.165, 1.54) is 6.07 Å². The van der Waals surface area contributed by atoms with Gasteiger partial charge in [-0.25, -0.2) is 4.39 Å². The summed E-state index contributed by atoms with van der Waals surface area (Å²) in [6, 6.07) is 5.25. The van der Waals surface area contributed by atoms with E-state index in [1.54, 1.807) is 6.92 Å². The van der Waals surface area contributed by atoms with Crippen molar-refractivity contribution in [3.8, 4) is 0 Å². The minimum atomic E-state index is -0.148. The van der Waals surface area contributed by atoms with Crippen molar-refractivity contribution in [2.45, 2.75) is 26.3 Å². The second kappa shape index (κ2) is 4.75. The molecule has 2 rings (SSSR count). The van der Waals surface area contributed by atoms with Crippen molar-refractivity contribution >= 4 is 0 Å². The fourth-order valence-electron chi connectivity index (χ4n) is 2.29. The van der Waals surface area contributed by atoms with Crippen LogP contribution in [-0.2, 0) is 6.54 Å². The van der Waals surface area contributed by atoms with Gasteiger partial charge in [0.15, 0.2) is 0 Å². The highest BCUT2D eigenvalue weighted by atomic mass is 19.1. The highest BCUT2D eigenvalue weighted by Gasteiger charge is 2.42. The van der Waals surface area contributed by atoms with Gasteiger partial charge in [0, 0.05) is 25.1 Å². The molecule has 2 nitrogen and oxygen atoms in total. The summed E-state index contributed by atoms with van der Waals surface area (Å²) in [5, 5.41) is 9.28. The third-order valence-electron chi connectivity index (χ3n) is 3.57. The maximum absolute atomic E-state index is 13.1. The van der Waals surface area contributed by atoms with Crippen LogP contribution in [0.25, 0.3) is 0 Å². The number of aliphatic hydroxyl groups is 1. The average Bonchev–Trinajstić information content (AvgIpc) is 3.04. The standard InChI is InChI=1S/C14H20FNO/c1-11-7-12(3-4-13(11)15)8-16(2)9-14(10-17)5-6-14/h3-4,7,17H,5-6,8-10H2,1-2H3. The Kier molecular flexibility index (Phi) is 3.50. The van der Waals surface area contributed by atoms with Gasteiger partial charge in [0.25, 0.3) is 0 Å². The van der Waals surface area contributed by atoms with E-state index in [-0.39, 0.29) is 17.8 Å². The molecule has 1 aromatic rings. The quantitative estimate of drug-likeness (QED) is 0.849. The minimum absolute atomic E-state index is 0.143. The summed E-state index contributed by atoms with van der Waals surface area (Å²) < 4.78 is 13.1. The number of halogens is 1. The Balaban J connectivity index is 1.93. The van der Waals surface area contributed by atoms with Gasteiger partial charge in [0.05, 0.1) is 0 Å². The Morgan fingerprint density at radius 3 is 2.65 bits per heavy atom. The van der Waals surface area contributed by atoms with E-state index in [4.69, 9.17) is 0 Å². The van der Waals surface area contributed by atoms with Crippen LogP contribution < -0.4 is 0 Å². The van der Waals surface area contributed by atoms with Gasteiger partial charge < -0.3 is 10.0 Å².